The molecule has 0 amide bonds. The molecule has 100 valence electrons. The minimum atomic E-state index is 0.743. The molecule has 3 nitrogen and oxygen atoms in total. The van der Waals surface area contributed by atoms with Gasteiger partial charge in [0.15, 0.2) is 0 Å². The summed E-state index contributed by atoms with van der Waals surface area (Å²) in [4.78, 5) is 6.68. The molecular weight excluding hydrogens is 222 g/mol. The number of hydrogen-bond acceptors (Lipinski definition) is 3. The lowest BCUT2D eigenvalue weighted by Crippen LogP contribution is -2.34. The van der Waals surface area contributed by atoms with Crippen LogP contribution in [0.15, 0.2) is 24.5 Å². The van der Waals surface area contributed by atoms with Gasteiger partial charge in [-0.1, -0.05) is 25.3 Å². The van der Waals surface area contributed by atoms with Crippen molar-refractivity contribution in [2.24, 2.45) is 11.7 Å². The predicted molar refractivity (Wildman–Crippen MR) is 75.1 cm³/mol. The van der Waals surface area contributed by atoms with Crippen LogP contribution in [0.3, 0.4) is 0 Å². The number of nitrogens with zero attached hydrogens (tertiary/aromatic N) is 2. The van der Waals surface area contributed by atoms with Gasteiger partial charge in [-0.3, -0.25) is 9.88 Å². The molecule has 1 aromatic heterocycles. The second-order valence-corrected chi connectivity index (χ2v) is 5.39. The topological polar surface area (TPSA) is 42.1 Å². The molecule has 0 unspecified atom stereocenters. The van der Waals surface area contributed by atoms with Gasteiger partial charge in [0.1, 0.15) is 0 Å². The van der Waals surface area contributed by atoms with Gasteiger partial charge in [0.2, 0.25) is 0 Å². The molecule has 0 bridgehead atoms. The predicted octanol–water partition coefficient (Wildman–Crippen LogP) is 2.42. The van der Waals surface area contributed by atoms with Crippen molar-refractivity contribution in [2.45, 2.75) is 38.6 Å². The van der Waals surface area contributed by atoms with Crippen LogP contribution in [0.25, 0.3) is 0 Å². The fourth-order valence-corrected chi connectivity index (χ4v) is 2.90. The van der Waals surface area contributed by atoms with Crippen LogP contribution in [0.5, 0.6) is 0 Å². The van der Waals surface area contributed by atoms with E-state index >= 15 is 0 Å². The molecule has 0 aromatic carbocycles. The number of aromatic nitrogens is 1. The van der Waals surface area contributed by atoms with Crippen LogP contribution >= 0.6 is 0 Å². The van der Waals surface area contributed by atoms with Crippen molar-refractivity contribution in [3.8, 4) is 0 Å². The highest BCUT2D eigenvalue weighted by atomic mass is 15.1. The Morgan fingerprint density at radius 2 is 2.11 bits per heavy atom. The molecule has 1 fully saturated rings. The van der Waals surface area contributed by atoms with Crippen LogP contribution in [-0.4, -0.2) is 29.5 Å². The first-order valence-corrected chi connectivity index (χ1v) is 7.20. The van der Waals surface area contributed by atoms with Crippen molar-refractivity contribution < 1.29 is 0 Å². The Labute approximate surface area is 110 Å². The van der Waals surface area contributed by atoms with Crippen LogP contribution < -0.4 is 5.73 Å². The summed E-state index contributed by atoms with van der Waals surface area (Å²) in [5.74, 6) is 0.877. The first-order chi connectivity index (χ1) is 8.88. The van der Waals surface area contributed by atoms with Crippen molar-refractivity contribution in [1.82, 2.24) is 9.88 Å². The Bertz CT molecular complexity index is 320. The smallest absolute Gasteiger partial charge is 0.0312 e. The summed E-state index contributed by atoms with van der Waals surface area (Å²) in [6.45, 7) is 3.92. The Morgan fingerprint density at radius 1 is 1.28 bits per heavy atom. The van der Waals surface area contributed by atoms with Crippen LogP contribution in [0.1, 0.15) is 37.7 Å². The number of hydrogen-bond donors (Lipinski definition) is 1. The summed E-state index contributed by atoms with van der Waals surface area (Å²) in [5, 5.41) is 0. The average molecular weight is 247 g/mol. The van der Waals surface area contributed by atoms with Crippen molar-refractivity contribution >= 4 is 0 Å². The third-order valence-corrected chi connectivity index (χ3v) is 3.82. The highest BCUT2D eigenvalue weighted by Gasteiger charge is 2.17. The first kappa shape index (κ1) is 13.5. The van der Waals surface area contributed by atoms with E-state index in [9.17, 15) is 0 Å². The molecule has 1 aromatic rings. The molecule has 0 radical (unpaired) electrons. The lowest BCUT2D eigenvalue weighted by Gasteiger charge is -2.29. The van der Waals surface area contributed by atoms with E-state index in [0.717, 1.165) is 25.6 Å². The largest absolute Gasteiger partial charge is 0.329 e. The molecule has 2 N–H and O–H groups in total. The summed E-state index contributed by atoms with van der Waals surface area (Å²) < 4.78 is 0. The van der Waals surface area contributed by atoms with Gasteiger partial charge in [-0.05, 0) is 30.4 Å². The first-order valence-electron chi connectivity index (χ1n) is 7.20. The van der Waals surface area contributed by atoms with E-state index in [1.54, 1.807) is 0 Å². The Hall–Kier alpha value is -0.930. The molecular formula is C15H25N3. The van der Waals surface area contributed by atoms with E-state index < -0.39 is 0 Å². The molecule has 1 aliphatic carbocycles. The summed E-state index contributed by atoms with van der Waals surface area (Å²) in [5.41, 5.74) is 7.02. The fraction of sp³-hybridized carbons (Fsp3) is 0.667. The lowest BCUT2D eigenvalue weighted by atomic mass is 9.89. The zero-order chi connectivity index (χ0) is 12.6. The van der Waals surface area contributed by atoms with Crippen molar-refractivity contribution in [1.29, 1.82) is 0 Å². The van der Waals surface area contributed by atoms with Gasteiger partial charge in [0.25, 0.3) is 0 Å². The fourth-order valence-electron chi connectivity index (χ4n) is 2.90. The van der Waals surface area contributed by atoms with Crippen LogP contribution in [0.4, 0.5) is 0 Å². The lowest BCUT2D eigenvalue weighted by molar-refractivity contribution is 0.198. The van der Waals surface area contributed by atoms with E-state index in [0.29, 0.717) is 0 Å². The second kappa shape index (κ2) is 7.49. The third-order valence-electron chi connectivity index (χ3n) is 3.82. The highest BCUT2D eigenvalue weighted by Crippen LogP contribution is 2.24. The SMILES string of the molecule is NCCN(Cc1cccnc1)CC1CCCCC1. The maximum absolute atomic E-state index is 5.73. The molecule has 0 atom stereocenters. The molecule has 1 saturated carbocycles. The van der Waals surface area contributed by atoms with Gasteiger partial charge in [0.05, 0.1) is 0 Å². The summed E-state index contributed by atoms with van der Waals surface area (Å²) in [7, 11) is 0. The van der Waals surface area contributed by atoms with Gasteiger partial charge in [-0.2, -0.15) is 0 Å². The van der Waals surface area contributed by atoms with Crippen LogP contribution in [0.2, 0.25) is 0 Å². The Balaban J connectivity index is 1.86. The molecule has 0 spiro atoms. The third kappa shape index (κ3) is 4.39. The van der Waals surface area contributed by atoms with Crippen LogP contribution in [-0.2, 0) is 6.54 Å². The zero-order valence-electron chi connectivity index (χ0n) is 11.2. The number of nitrogens with two attached hydrogens (primary N) is 1. The highest BCUT2D eigenvalue weighted by molar-refractivity contribution is 5.08. The minimum Gasteiger partial charge on any atom is -0.329 e. The van der Waals surface area contributed by atoms with E-state index in [4.69, 9.17) is 5.73 Å². The van der Waals surface area contributed by atoms with E-state index in [-0.39, 0.29) is 0 Å². The molecule has 3 heteroatoms. The molecule has 0 saturated heterocycles. The molecule has 18 heavy (non-hydrogen) atoms. The van der Waals surface area contributed by atoms with Crippen molar-refractivity contribution in [3.05, 3.63) is 30.1 Å². The van der Waals surface area contributed by atoms with Crippen molar-refractivity contribution in [2.75, 3.05) is 19.6 Å². The summed E-state index contributed by atoms with van der Waals surface area (Å²) >= 11 is 0. The molecule has 1 heterocycles. The number of rotatable bonds is 6. The van der Waals surface area contributed by atoms with Gasteiger partial charge in [-0.25, -0.2) is 0 Å². The van der Waals surface area contributed by atoms with Gasteiger partial charge in [-0.15, -0.1) is 0 Å². The van der Waals surface area contributed by atoms with Gasteiger partial charge < -0.3 is 5.73 Å². The summed E-state index contributed by atoms with van der Waals surface area (Å²) in [6, 6.07) is 4.16. The zero-order valence-corrected chi connectivity index (χ0v) is 11.2. The normalized spacial score (nSPS) is 17.2. The van der Waals surface area contributed by atoms with E-state index in [2.05, 4.69) is 16.0 Å². The maximum Gasteiger partial charge on any atom is 0.0312 e. The van der Waals surface area contributed by atoms with Crippen LogP contribution in [0, 0.1) is 5.92 Å². The van der Waals surface area contributed by atoms with E-state index in [1.165, 1.54) is 44.2 Å². The quantitative estimate of drug-likeness (QED) is 0.839. The molecule has 0 aliphatic heterocycles. The van der Waals surface area contributed by atoms with Gasteiger partial charge in [0, 0.05) is 38.6 Å². The van der Waals surface area contributed by atoms with Crippen molar-refractivity contribution in [3.63, 3.8) is 0 Å². The summed E-state index contributed by atoms with van der Waals surface area (Å²) in [6.07, 6.45) is 10.8. The maximum atomic E-state index is 5.73. The Morgan fingerprint density at radius 3 is 2.78 bits per heavy atom. The molecule has 2 rings (SSSR count). The monoisotopic (exact) mass is 247 g/mol. The number of pyridine rings is 1. The average Bonchev–Trinajstić information content (AvgIpc) is 2.41. The Kier molecular flexibility index (Phi) is 5.62. The van der Waals surface area contributed by atoms with E-state index in [1.807, 2.05) is 18.5 Å². The standard InChI is InChI=1S/C15H25N3/c16-8-10-18(12-14-5-2-1-3-6-14)13-15-7-4-9-17-11-15/h4,7,9,11,14H,1-3,5-6,8,10,12-13,16H2. The minimum absolute atomic E-state index is 0.743. The second-order valence-electron chi connectivity index (χ2n) is 5.39. The molecule has 1 aliphatic rings. The van der Waals surface area contributed by atoms with Gasteiger partial charge >= 0.3 is 0 Å².